The number of nitrogens with one attached hydrogen (secondary N) is 2. The van der Waals surface area contributed by atoms with Crippen molar-refractivity contribution in [2.45, 2.75) is 64.5 Å². The lowest BCUT2D eigenvalue weighted by atomic mass is 9.78. The standard InChI is InChI=1S/C25H33N5O3/c1-24(2,3)33-23(32)30-12-6-7-17(14-30)28-22-26-11-10-20(29-22)16-8-9-18-19(13-16)25(4,5)15-27-21(18)31/h8-11,13,17H,6-7,12,14-15H2,1-5H3,(H,27,31)(H,26,28,29)/t17-/m0/s1. The van der Waals surface area contributed by atoms with Gasteiger partial charge in [0.05, 0.1) is 5.69 Å². The lowest BCUT2D eigenvalue weighted by molar-refractivity contribution is 0.0206. The molecule has 4 rings (SSSR count). The average molecular weight is 452 g/mol. The average Bonchev–Trinajstić information content (AvgIpc) is 2.76. The largest absolute Gasteiger partial charge is 0.444 e. The summed E-state index contributed by atoms with van der Waals surface area (Å²) in [6.45, 7) is 11.7. The number of likely N-dealkylation sites (tertiary alicyclic amines) is 1. The van der Waals surface area contributed by atoms with Gasteiger partial charge in [0, 0.05) is 48.4 Å². The Kier molecular flexibility index (Phi) is 6.03. The van der Waals surface area contributed by atoms with Crippen LogP contribution in [-0.2, 0) is 10.2 Å². The molecule has 33 heavy (non-hydrogen) atoms. The van der Waals surface area contributed by atoms with E-state index in [4.69, 9.17) is 9.72 Å². The van der Waals surface area contributed by atoms with Crippen molar-refractivity contribution in [1.82, 2.24) is 20.2 Å². The predicted octanol–water partition coefficient (Wildman–Crippen LogP) is 3.98. The molecule has 1 aromatic carbocycles. The Balaban J connectivity index is 1.50. The fourth-order valence-electron chi connectivity index (χ4n) is 4.31. The van der Waals surface area contributed by atoms with Gasteiger partial charge in [0.2, 0.25) is 5.95 Å². The quantitative estimate of drug-likeness (QED) is 0.733. The van der Waals surface area contributed by atoms with Gasteiger partial charge in [-0.3, -0.25) is 4.79 Å². The summed E-state index contributed by atoms with van der Waals surface area (Å²) >= 11 is 0. The summed E-state index contributed by atoms with van der Waals surface area (Å²) in [6.07, 6.45) is 3.26. The zero-order chi connectivity index (χ0) is 23.8. The summed E-state index contributed by atoms with van der Waals surface area (Å²) in [7, 11) is 0. The van der Waals surface area contributed by atoms with Crippen molar-refractivity contribution in [2.24, 2.45) is 0 Å². The molecule has 1 atom stereocenters. The van der Waals surface area contributed by atoms with E-state index in [1.165, 1.54) is 0 Å². The van der Waals surface area contributed by atoms with Gasteiger partial charge in [0.1, 0.15) is 5.60 Å². The molecule has 2 amide bonds. The second-order valence-corrected chi connectivity index (χ2v) is 10.5. The lowest BCUT2D eigenvalue weighted by Gasteiger charge is -2.34. The zero-order valence-electron chi connectivity index (χ0n) is 20.1. The molecule has 0 bridgehead atoms. The number of anilines is 1. The Hall–Kier alpha value is -3.16. The van der Waals surface area contributed by atoms with Crippen molar-refractivity contribution in [1.29, 1.82) is 0 Å². The number of amides is 2. The van der Waals surface area contributed by atoms with Crippen LogP contribution in [0.25, 0.3) is 11.3 Å². The highest BCUT2D eigenvalue weighted by molar-refractivity contribution is 5.98. The van der Waals surface area contributed by atoms with Gasteiger partial charge in [-0.15, -0.1) is 0 Å². The molecule has 8 heteroatoms. The number of benzene rings is 1. The maximum atomic E-state index is 12.5. The molecule has 8 nitrogen and oxygen atoms in total. The second-order valence-electron chi connectivity index (χ2n) is 10.5. The number of nitrogens with zero attached hydrogens (tertiary/aromatic N) is 3. The molecule has 0 saturated carbocycles. The summed E-state index contributed by atoms with van der Waals surface area (Å²) in [5, 5.41) is 6.34. The topological polar surface area (TPSA) is 96.5 Å². The van der Waals surface area contributed by atoms with E-state index in [9.17, 15) is 9.59 Å². The summed E-state index contributed by atoms with van der Waals surface area (Å²) in [5.41, 5.74) is 2.81. The lowest BCUT2D eigenvalue weighted by Crippen LogP contribution is -2.47. The van der Waals surface area contributed by atoms with Gasteiger partial charge in [-0.05, 0) is 57.4 Å². The Morgan fingerprint density at radius 1 is 1.27 bits per heavy atom. The first-order valence-electron chi connectivity index (χ1n) is 11.5. The SMILES string of the molecule is CC(C)(C)OC(=O)N1CCC[C@H](Nc2nccc(-c3ccc4c(c3)C(C)(C)CNC4=O)n2)C1. The highest BCUT2D eigenvalue weighted by Crippen LogP contribution is 2.33. The summed E-state index contributed by atoms with van der Waals surface area (Å²) < 4.78 is 5.52. The monoisotopic (exact) mass is 451 g/mol. The van der Waals surface area contributed by atoms with Crippen molar-refractivity contribution < 1.29 is 14.3 Å². The van der Waals surface area contributed by atoms with Gasteiger partial charge in [0.15, 0.2) is 0 Å². The van der Waals surface area contributed by atoms with Crippen molar-refractivity contribution >= 4 is 17.9 Å². The van der Waals surface area contributed by atoms with Crippen LogP contribution in [0.2, 0.25) is 0 Å². The van der Waals surface area contributed by atoms with Crippen LogP contribution in [0.3, 0.4) is 0 Å². The number of carbonyl (C=O) groups is 2. The van der Waals surface area contributed by atoms with Crippen LogP contribution in [0.4, 0.5) is 10.7 Å². The van der Waals surface area contributed by atoms with Crippen molar-refractivity contribution in [3.8, 4) is 11.3 Å². The minimum atomic E-state index is -0.515. The molecule has 1 saturated heterocycles. The molecule has 2 N–H and O–H groups in total. The third-order valence-electron chi connectivity index (χ3n) is 6.04. The van der Waals surface area contributed by atoms with Crippen LogP contribution >= 0.6 is 0 Å². The van der Waals surface area contributed by atoms with E-state index in [1.807, 2.05) is 39.0 Å². The van der Waals surface area contributed by atoms with Crippen LogP contribution in [0.1, 0.15) is 63.4 Å². The number of rotatable bonds is 3. The Morgan fingerprint density at radius 3 is 2.82 bits per heavy atom. The first-order valence-corrected chi connectivity index (χ1v) is 11.5. The van der Waals surface area contributed by atoms with Gasteiger partial charge in [-0.2, -0.15) is 0 Å². The number of aromatic nitrogens is 2. The highest BCUT2D eigenvalue weighted by Gasteiger charge is 2.32. The van der Waals surface area contributed by atoms with Gasteiger partial charge in [-0.25, -0.2) is 14.8 Å². The molecular formula is C25H33N5O3. The first-order chi connectivity index (χ1) is 15.5. The van der Waals surface area contributed by atoms with E-state index in [0.29, 0.717) is 31.1 Å². The number of hydrogen-bond acceptors (Lipinski definition) is 6. The number of ether oxygens (including phenoxy) is 1. The maximum absolute atomic E-state index is 12.5. The van der Waals surface area contributed by atoms with Crippen LogP contribution in [0, 0.1) is 0 Å². The second kappa shape index (κ2) is 8.65. The van der Waals surface area contributed by atoms with E-state index >= 15 is 0 Å². The van der Waals surface area contributed by atoms with Crippen LogP contribution in [0.15, 0.2) is 30.5 Å². The molecule has 0 unspecified atom stereocenters. The third kappa shape index (κ3) is 5.26. The Bertz CT molecular complexity index is 1060. The molecule has 2 aromatic rings. The van der Waals surface area contributed by atoms with Gasteiger partial charge in [0.25, 0.3) is 5.91 Å². The fraction of sp³-hybridized carbons (Fsp3) is 0.520. The van der Waals surface area contributed by atoms with Crippen LogP contribution in [0.5, 0.6) is 0 Å². The third-order valence-corrected chi connectivity index (χ3v) is 6.04. The smallest absolute Gasteiger partial charge is 0.410 e. The van der Waals surface area contributed by atoms with E-state index in [0.717, 1.165) is 29.7 Å². The minimum Gasteiger partial charge on any atom is -0.444 e. The van der Waals surface area contributed by atoms with E-state index in [-0.39, 0.29) is 23.5 Å². The maximum Gasteiger partial charge on any atom is 0.410 e. The summed E-state index contributed by atoms with van der Waals surface area (Å²) in [4.78, 5) is 35.6. The molecule has 0 aliphatic carbocycles. The van der Waals surface area contributed by atoms with Crippen LogP contribution < -0.4 is 10.6 Å². The molecule has 2 aliphatic heterocycles. The van der Waals surface area contributed by atoms with Gasteiger partial charge >= 0.3 is 6.09 Å². The summed E-state index contributed by atoms with van der Waals surface area (Å²) in [5.74, 6) is 0.492. The Labute approximate surface area is 195 Å². The molecule has 3 heterocycles. The molecule has 0 spiro atoms. The van der Waals surface area contributed by atoms with Crippen molar-refractivity contribution in [3.63, 3.8) is 0 Å². The summed E-state index contributed by atoms with van der Waals surface area (Å²) in [6, 6.07) is 7.78. The van der Waals surface area contributed by atoms with Crippen LogP contribution in [-0.4, -0.2) is 58.1 Å². The van der Waals surface area contributed by atoms with E-state index in [1.54, 1.807) is 11.1 Å². The van der Waals surface area contributed by atoms with E-state index < -0.39 is 5.60 Å². The predicted molar refractivity (Wildman–Crippen MR) is 127 cm³/mol. The Morgan fingerprint density at radius 2 is 2.06 bits per heavy atom. The van der Waals surface area contributed by atoms with Gasteiger partial charge < -0.3 is 20.3 Å². The zero-order valence-corrected chi connectivity index (χ0v) is 20.1. The van der Waals surface area contributed by atoms with E-state index in [2.05, 4.69) is 35.5 Å². The number of carbonyl (C=O) groups excluding carboxylic acids is 2. The molecule has 1 aromatic heterocycles. The number of hydrogen-bond donors (Lipinski definition) is 2. The molecule has 176 valence electrons. The number of fused-ring (bicyclic) bond motifs is 1. The van der Waals surface area contributed by atoms with Crippen molar-refractivity contribution in [2.75, 3.05) is 25.0 Å². The van der Waals surface area contributed by atoms with Gasteiger partial charge in [-0.1, -0.05) is 19.9 Å². The molecule has 0 radical (unpaired) electrons. The normalized spacial score (nSPS) is 20.0. The number of piperidine rings is 1. The minimum absolute atomic E-state index is 0.0345. The first kappa shape index (κ1) is 23.0. The van der Waals surface area contributed by atoms with Crippen molar-refractivity contribution in [3.05, 3.63) is 41.6 Å². The molecular weight excluding hydrogens is 418 g/mol. The highest BCUT2D eigenvalue weighted by atomic mass is 16.6. The fourth-order valence-corrected chi connectivity index (χ4v) is 4.31. The molecule has 1 fully saturated rings. The molecule has 2 aliphatic rings.